The third kappa shape index (κ3) is 4.22. The van der Waals surface area contributed by atoms with Gasteiger partial charge in [0.05, 0.1) is 15.8 Å². The van der Waals surface area contributed by atoms with Crippen LogP contribution in [0.1, 0.15) is 10.4 Å². The van der Waals surface area contributed by atoms with Crippen molar-refractivity contribution >= 4 is 38.3 Å². The largest absolute Gasteiger partial charge is 0.423 e. The van der Waals surface area contributed by atoms with Gasteiger partial charge in [0.1, 0.15) is 11.6 Å². The van der Waals surface area contributed by atoms with E-state index in [2.05, 4.69) is 34.1 Å². The van der Waals surface area contributed by atoms with Crippen molar-refractivity contribution in [1.29, 1.82) is 0 Å². The van der Waals surface area contributed by atoms with Crippen molar-refractivity contribution in [1.82, 2.24) is 4.98 Å². The average Bonchev–Trinajstić information content (AvgIpc) is 3.23. The smallest absolute Gasteiger partial charge is 0.343 e. The van der Waals surface area contributed by atoms with Crippen LogP contribution in [0.5, 0.6) is 5.75 Å². The maximum atomic E-state index is 13.4. The monoisotopic (exact) mass is 433 g/mol. The van der Waals surface area contributed by atoms with Gasteiger partial charge in [-0.1, -0.05) is 35.6 Å². The minimum Gasteiger partial charge on any atom is -0.423 e. The number of hydrogen-bond donors (Lipinski definition) is 0. The number of halogens is 1. The molecule has 1 saturated heterocycles. The molecule has 1 fully saturated rings. The number of benzene rings is 3. The number of carbonyl (C=O) groups excluding carboxylic acids is 1. The summed E-state index contributed by atoms with van der Waals surface area (Å²) < 4.78 is 19.7. The molecular weight excluding hydrogens is 413 g/mol. The zero-order valence-electron chi connectivity index (χ0n) is 16.7. The SMILES string of the molecule is O=C(Oc1ccc2nc(N3CCN(c4ccccc4)CC3)sc2c1)c1cccc(F)c1. The number of rotatable bonds is 4. The van der Waals surface area contributed by atoms with Crippen LogP contribution >= 0.6 is 11.3 Å². The molecule has 4 aromatic rings. The van der Waals surface area contributed by atoms with Crippen LogP contribution in [-0.2, 0) is 0 Å². The van der Waals surface area contributed by atoms with Crippen molar-refractivity contribution in [2.75, 3.05) is 36.0 Å². The minimum atomic E-state index is -0.583. The molecule has 1 aliphatic heterocycles. The Kier molecular flexibility index (Phi) is 5.26. The van der Waals surface area contributed by atoms with E-state index in [4.69, 9.17) is 9.72 Å². The van der Waals surface area contributed by atoms with Crippen LogP contribution in [0.25, 0.3) is 10.2 Å². The fraction of sp³-hybridized carbons (Fsp3) is 0.167. The average molecular weight is 434 g/mol. The van der Waals surface area contributed by atoms with Gasteiger partial charge in [-0.25, -0.2) is 14.2 Å². The summed E-state index contributed by atoms with van der Waals surface area (Å²) in [7, 11) is 0. The zero-order valence-corrected chi connectivity index (χ0v) is 17.5. The van der Waals surface area contributed by atoms with Crippen LogP contribution in [0.15, 0.2) is 72.8 Å². The molecule has 3 aromatic carbocycles. The van der Waals surface area contributed by atoms with Crippen molar-refractivity contribution < 1.29 is 13.9 Å². The molecule has 0 unspecified atom stereocenters. The molecule has 0 aliphatic carbocycles. The van der Waals surface area contributed by atoms with Gasteiger partial charge in [-0.15, -0.1) is 0 Å². The molecule has 156 valence electrons. The fourth-order valence-electron chi connectivity index (χ4n) is 3.67. The van der Waals surface area contributed by atoms with E-state index in [1.165, 1.54) is 30.0 Å². The predicted molar refractivity (Wildman–Crippen MR) is 122 cm³/mol. The third-order valence-electron chi connectivity index (χ3n) is 5.29. The molecule has 0 bridgehead atoms. The summed E-state index contributed by atoms with van der Waals surface area (Å²) in [4.78, 5) is 21.7. The molecule has 31 heavy (non-hydrogen) atoms. The van der Waals surface area contributed by atoms with Crippen LogP contribution < -0.4 is 14.5 Å². The highest BCUT2D eigenvalue weighted by atomic mass is 32.1. The van der Waals surface area contributed by atoms with Crippen LogP contribution in [0, 0.1) is 5.82 Å². The summed E-state index contributed by atoms with van der Waals surface area (Å²) in [6.07, 6.45) is 0. The normalized spacial score (nSPS) is 14.1. The van der Waals surface area contributed by atoms with Gasteiger partial charge in [-0.3, -0.25) is 0 Å². The molecule has 0 atom stereocenters. The Morgan fingerprint density at radius 2 is 1.68 bits per heavy atom. The van der Waals surface area contributed by atoms with Gasteiger partial charge in [0, 0.05) is 37.9 Å². The first-order valence-electron chi connectivity index (χ1n) is 10.1. The Hall–Kier alpha value is -3.45. The molecule has 2 heterocycles. The van der Waals surface area contributed by atoms with E-state index in [9.17, 15) is 9.18 Å². The Morgan fingerprint density at radius 3 is 2.45 bits per heavy atom. The summed E-state index contributed by atoms with van der Waals surface area (Å²) in [6.45, 7) is 3.68. The van der Waals surface area contributed by atoms with Gasteiger partial charge < -0.3 is 14.5 Å². The molecule has 0 amide bonds. The van der Waals surface area contributed by atoms with Gasteiger partial charge in [-0.05, 0) is 42.5 Å². The lowest BCUT2D eigenvalue weighted by Gasteiger charge is -2.35. The molecule has 0 radical (unpaired) electrons. The molecule has 5 rings (SSSR count). The zero-order chi connectivity index (χ0) is 21.2. The van der Waals surface area contributed by atoms with Gasteiger partial charge in [0.25, 0.3) is 0 Å². The van der Waals surface area contributed by atoms with Crippen molar-refractivity contribution in [3.05, 3.63) is 84.2 Å². The van der Waals surface area contributed by atoms with Crippen molar-refractivity contribution in [2.45, 2.75) is 0 Å². The fourth-order valence-corrected chi connectivity index (χ4v) is 4.71. The highest BCUT2D eigenvalue weighted by Gasteiger charge is 2.20. The second-order valence-corrected chi connectivity index (χ2v) is 8.34. The van der Waals surface area contributed by atoms with E-state index < -0.39 is 11.8 Å². The molecule has 0 N–H and O–H groups in total. The van der Waals surface area contributed by atoms with Crippen molar-refractivity contribution in [3.63, 3.8) is 0 Å². The number of aromatic nitrogens is 1. The Morgan fingerprint density at radius 1 is 0.903 bits per heavy atom. The second-order valence-electron chi connectivity index (χ2n) is 7.34. The third-order valence-corrected chi connectivity index (χ3v) is 6.37. The molecule has 1 aliphatic rings. The van der Waals surface area contributed by atoms with Gasteiger partial charge in [0.15, 0.2) is 5.13 Å². The highest BCUT2D eigenvalue weighted by molar-refractivity contribution is 7.22. The number of fused-ring (bicyclic) bond motifs is 1. The lowest BCUT2D eigenvalue weighted by molar-refractivity contribution is 0.0734. The number of thiazole rings is 1. The summed E-state index contributed by atoms with van der Waals surface area (Å²) in [5.74, 6) is -0.629. The highest BCUT2D eigenvalue weighted by Crippen LogP contribution is 2.32. The molecule has 7 heteroatoms. The Bertz CT molecular complexity index is 1220. The predicted octanol–water partition coefficient (Wildman–Crippen LogP) is 4.98. The molecule has 0 spiro atoms. The second kappa shape index (κ2) is 8.35. The molecule has 0 saturated carbocycles. The topological polar surface area (TPSA) is 45.7 Å². The molecular formula is C24H20FN3O2S. The van der Waals surface area contributed by atoms with Crippen LogP contribution in [0.3, 0.4) is 0 Å². The summed E-state index contributed by atoms with van der Waals surface area (Å²) in [6, 6.07) is 21.3. The van der Waals surface area contributed by atoms with Crippen LogP contribution in [-0.4, -0.2) is 37.1 Å². The van der Waals surface area contributed by atoms with E-state index >= 15 is 0 Å². The maximum Gasteiger partial charge on any atom is 0.343 e. The first-order chi connectivity index (χ1) is 15.2. The van der Waals surface area contributed by atoms with Crippen LogP contribution in [0.2, 0.25) is 0 Å². The van der Waals surface area contributed by atoms with E-state index in [1.54, 1.807) is 17.4 Å². The maximum absolute atomic E-state index is 13.4. The number of para-hydroxylation sites is 1. The summed E-state index contributed by atoms with van der Waals surface area (Å²) in [5.41, 5.74) is 2.30. The van der Waals surface area contributed by atoms with Crippen molar-refractivity contribution in [2.24, 2.45) is 0 Å². The number of hydrogen-bond acceptors (Lipinski definition) is 6. The first kappa shape index (κ1) is 19.5. The number of carbonyl (C=O) groups is 1. The Balaban J connectivity index is 1.28. The van der Waals surface area contributed by atoms with E-state index in [0.717, 1.165) is 41.5 Å². The number of piperazine rings is 1. The number of ether oxygens (including phenoxy) is 1. The molecule has 1 aromatic heterocycles. The number of anilines is 2. The quantitative estimate of drug-likeness (QED) is 0.336. The minimum absolute atomic E-state index is 0.182. The summed E-state index contributed by atoms with van der Waals surface area (Å²) in [5, 5.41) is 0.969. The standard InChI is InChI=1S/C24H20FN3O2S/c25-18-6-4-5-17(15-18)23(29)30-20-9-10-21-22(16-20)31-24(26-21)28-13-11-27(12-14-28)19-7-2-1-3-8-19/h1-10,15-16H,11-14H2. The Labute approximate surface area is 183 Å². The van der Waals surface area contributed by atoms with Gasteiger partial charge in [0.2, 0.25) is 0 Å². The van der Waals surface area contributed by atoms with Gasteiger partial charge >= 0.3 is 5.97 Å². The number of nitrogens with zero attached hydrogens (tertiary/aromatic N) is 3. The van der Waals surface area contributed by atoms with Crippen LogP contribution in [0.4, 0.5) is 15.2 Å². The lowest BCUT2D eigenvalue weighted by atomic mass is 10.2. The van der Waals surface area contributed by atoms with E-state index in [0.29, 0.717) is 5.75 Å². The summed E-state index contributed by atoms with van der Waals surface area (Å²) >= 11 is 1.59. The van der Waals surface area contributed by atoms with Crippen molar-refractivity contribution in [3.8, 4) is 5.75 Å². The van der Waals surface area contributed by atoms with Gasteiger partial charge in [-0.2, -0.15) is 0 Å². The first-order valence-corrected chi connectivity index (χ1v) is 10.9. The van der Waals surface area contributed by atoms with E-state index in [1.807, 2.05) is 18.2 Å². The molecule has 5 nitrogen and oxygen atoms in total. The lowest BCUT2D eigenvalue weighted by Crippen LogP contribution is -2.46. The van der Waals surface area contributed by atoms with E-state index in [-0.39, 0.29) is 5.56 Å². The number of esters is 1.